The van der Waals surface area contributed by atoms with Crippen molar-refractivity contribution in [3.05, 3.63) is 0 Å². The lowest BCUT2D eigenvalue weighted by Crippen LogP contribution is -2.40. The summed E-state index contributed by atoms with van der Waals surface area (Å²) >= 11 is 0. The number of nitrogens with two attached hydrogens (primary N) is 1. The second-order valence-electron chi connectivity index (χ2n) is 6.61. The molecule has 0 aliphatic heterocycles. The van der Waals surface area contributed by atoms with Gasteiger partial charge in [0.1, 0.15) is 5.78 Å². The van der Waals surface area contributed by atoms with Crippen molar-refractivity contribution in [3.63, 3.8) is 0 Å². The minimum absolute atomic E-state index is 0.199. The molecule has 0 aromatic heterocycles. The zero-order valence-corrected chi connectivity index (χ0v) is 10.7. The first-order valence-corrected chi connectivity index (χ1v) is 7.54. The Balaban J connectivity index is 1.58. The van der Waals surface area contributed by atoms with Crippen LogP contribution in [0.1, 0.15) is 57.8 Å². The Bertz CT molecular complexity index is 293. The van der Waals surface area contributed by atoms with Crippen LogP contribution >= 0.6 is 0 Å². The van der Waals surface area contributed by atoms with E-state index in [2.05, 4.69) is 0 Å². The van der Waals surface area contributed by atoms with Gasteiger partial charge in [0, 0.05) is 18.4 Å². The molecule has 0 aromatic rings. The van der Waals surface area contributed by atoms with Crippen LogP contribution in [0.25, 0.3) is 0 Å². The van der Waals surface area contributed by atoms with Crippen LogP contribution in [0.15, 0.2) is 0 Å². The van der Waals surface area contributed by atoms with Gasteiger partial charge in [-0.25, -0.2) is 0 Å². The predicted octanol–water partition coefficient (Wildman–Crippen LogP) is 2.90. The van der Waals surface area contributed by atoms with E-state index in [4.69, 9.17) is 5.73 Å². The van der Waals surface area contributed by atoms with Gasteiger partial charge < -0.3 is 5.73 Å². The number of hydrogen-bond acceptors (Lipinski definition) is 2. The van der Waals surface area contributed by atoms with Crippen LogP contribution in [0, 0.1) is 23.7 Å². The SMILES string of the molecule is NC1C2CCC(C2)C1C(=O)CC1CCCCC1. The maximum absolute atomic E-state index is 12.4. The van der Waals surface area contributed by atoms with Crippen LogP contribution in [0.5, 0.6) is 0 Å². The van der Waals surface area contributed by atoms with Crippen molar-refractivity contribution < 1.29 is 4.79 Å². The van der Waals surface area contributed by atoms with Crippen LogP contribution in [0.4, 0.5) is 0 Å². The molecule has 0 radical (unpaired) electrons. The summed E-state index contributed by atoms with van der Waals surface area (Å²) in [6, 6.07) is 0.199. The first-order chi connectivity index (χ1) is 8.25. The van der Waals surface area contributed by atoms with Crippen molar-refractivity contribution in [2.24, 2.45) is 29.4 Å². The van der Waals surface area contributed by atoms with Gasteiger partial charge in [-0.2, -0.15) is 0 Å². The second-order valence-corrected chi connectivity index (χ2v) is 6.61. The van der Waals surface area contributed by atoms with E-state index >= 15 is 0 Å². The summed E-state index contributed by atoms with van der Waals surface area (Å²) < 4.78 is 0. The van der Waals surface area contributed by atoms with Gasteiger partial charge in [0.15, 0.2) is 0 Å². The van der Waals surface area contributed by atoms with Gasteiger partial charge in [0.25, 0.3) is 0 Å². The fraction of sp³-hybridized carbons (Fsp3) is 0.933. The molecule has 0 heterocycles. The molecule has 0 spiro atoms. The van der Waals surface area contributed by atoms with Crippen molar-refractivity contribution in [2.45, 2.75) is 63.8 Å². The molecule has 0 amide bonds. The van der Waals surface area contributed by atoms with Gasteiger partial charge in [-0.05, 0) is 37.0 Å². The van der Waals surface area contributed by atoms with Gasteiger partial charge in [0.2, 0.25) is 0 Å². The van der Waals surface area contributed by atoms with Crippen LogP contribution in [0.3, 0.4) is 0 Å². The van der Waals surface area contributed by atoms with Crippen molar-refractivity contribution in [1.82, 2.24) is 0 Å². The van der Waals surface area contributed by atoms with E-state index < -0.39 is 0 Å². The number of carbonyl (C=O) groups is 1. The van der Waals surface area contributed by atoms with Crippen LogP contribution in [-0.4, -0.2) is 11.8 Å². The number of hydrogen-bond donors (Lipinski definition) is 1. The number of ketones is 1. The third-order valence-electron chi connectivity index (χ3n) is 5.57. The lowest BCUT2D eigenvalue weighted by atomic mass is 9.77. The Morgan fingerprint density at radius 3 is 2.35 bits per heavy atom. The number of carbonyl (C=O) groups excluding carboxylic acids is 1. The highest BCUT2D eigenvalue weighted by Gasteiger charge is 2.48. The fourth-order valence-corrected chi connectivity index (χ4v) is 4.63. The summed E-state index contributed by atoms with van der Waals surface area (Å²) in [4.78, 5) is 12.4. The van der Waals surface area contributed by atoms with Crippen molar-refractivity contribution >= 4 is 5.78 Å². The number of fused-ring (bicyclic) bond motifs is 2. The standard InChI is InChI=1S/C15H25NO/c16-15-12-7-6-11(9-12)14(15)13(17)8-10-4-2-1-3-5-10/h10-12,14-15H,1-9,16H2. The first-order valence-electron chi connectivity index (χ1n) is 7.54. The largest absolute Gasteiger partial charge is 0.327 e. The van der Waals surface area contributed by atoms with Crippen LogP contribution < -0.4 is 5.73 Å². The summed E-state index contributed by atoms with van der Waals surface area (Å²) in [6.07, 6.45) is 11.2. The lowest BCUT2D eigenvalue weighted by Gasteiger charge is -2.29. The normalized spacial score (nSPS) is 41.9. The molecule has 2 bridgehead atoms. The predicted molar refractivity (Wildman–Crippen MR) is 68.5 cm³/mol. The van der Waals surface area contributed by atoms with E-state index in [9.17, 15) is 4.79 Å². The van der Waals surface area contributed by atoms with E-state index in [1.165, 1.54) is 51.4 Å². The molecule has 3 rings (SSSR count). The summed E-state index contributed by atoms with van der Waals surface area (Å²) in [5.41, 5.74) is 6.25. The highest BCUT2D eigenvalue weighted by molar-refractivity contribution is 5.82. The van der Waals surface area contributed by atoms with Crippen LogP contribution in [0.2, 0.25) is 0 Å². The molecule has 0 aromatic carbocycles. The van der Waals surface area contributed by atoms with E-state index in [0.717, 1.165) is 6.42 Å². The molecule has 4 unspecified atom stereocenters. The van der Waals surface area contributed by atoms with E-state index in [1.807, 2.05) is 0 Å². The molecular weight excluding hydrogens is 210 g/mol. The Kier molecular flexibility index (Phi) is 3.25. The Morgan fingerprint density at radius 2 is 1.71 bits per heavy atom. The minimum Gasteiger partial charge on any atom is -0.327 e. The zero-order valence-electron chi connectivity index (χ0n) is 10.7. The van der Waals surface area contributed by atoms with Gasteiger partial charge >= 0.3 is 0 Å². The fourth-order valence-electron chi connectivity index (χ4n) is 4.63. The molecule has 3 aliphatic carbocycles. The van der Waals surface area contributed by atoms with Crippen molar-refractivity contribution in [1.29, 1.82) is 0 Å². The maximum atomic E-state index is 12.4. The molecule has 3 aliphatic rings. The molecule has 3 fully saturated rings. The molecule has 2 N–H and O–H groups in total. The van der Waals surface area contributed by atoms with Gasteiger partial charge in [0.05, 0.1) is 0 Å². The molecule has 4 atom stereocenters. The second kappa shape index (κ2) is 4.72. The Hall–Kier alpha value is -0.370. The Morgan fingerprint density at radius 1 is 1.00 bits per heavy atom. The van der Waals surface area contributed by atoms with Gasteiger partial charge in [-0.15, -0.1) is 0 Å². The lowest BCUT2D eigenvalue weighted by molar-refractivity contribution is -0.126. The van der Waals surface area contributed by atoms with E-state index in [-0.39, 0.29) is 12.0 Å². The number of Topliss-reactive ketones (excluding diaryl/α,β-unsaturated/α-hetero) is 1. The molecular formula is C15H25NO. The summed E-state index contributed by atoms with van der Waals surface area (Å²) in [7, 11) is 0. The van der Waals surface area contributed by atoms with Crippen LogP contribution in [-0.2, 0) is 4.79 Å². The summed E-state index contributed by atoms with van der Waals surface area (Å²) in [6.45, 7) is 0. The highest BCUT2D eigenvalue weighted by Crippen LogP contribution is 2.48. The topological polar surface area (TPSA) is 43.1 Å². The van der Waals surface area contributed by atoms with Gasteiger partial charge in [-0.3, -0.25) is 4.79 Å². The average Bonchev–Trinajstić information content (AvgIpc) is 2.90. The summed E-state index contributed by atoms with van der Waals surface area (Å²) in [5, 5.41) is 0. The monoisotopic (exact) mass is 235 g/mol. The van der Waals surface area contributed by atoms with E-state index in [0.29, 0.717) is 23.5 Å². The first kappa shape index (κ1) is 11.7. The quantitative estimate of drug-likeness (QED) is 0.817. The molecule has 2 nitrogen and oxygen atoms in total. The molecule has 17 heavy (non-hydrogen) atoms. The third-order valence-corrected chi connectivity index (χ3v) is 5.57. The molecule has 96 valence electrons. The Labute approximate surface area is 104 Å². The highest BCUT2D eigenvalue weighted by atomic mass is 16.1. The number of rotatable bonds is 3. The van der Waals surface area contributed by atoms with E-state index in [1.54, 1.807) is 0 Å². The smallest absolute Gasteiger partial charge is 0.138 e. The maximum Gasteiger partial charge on any atom is 0.138 e. The third kappa shape index (κ3) is 2.16. The van der Waals surface area contributed by atoms with Crippen molar-refractivity contribution in [3.8, 4) is 0 Å². The average molecular weight is 235 g/mol. The summed E-state index contributed by atoms with van der Waals surface area (Å²) in [5.74, 6) is 2.74. The minimum atomic E-state index is 0.199. The van der Waals surface area contributed by atoms with Crippen molar-refractivity contribution in [2.75, 3.05) is 0 Å². The zero-order chi connectivity index (χ0) is 11.8. The van der Waals surface area contributed by atoms with Gasteiger partial charge in [-0.1, -0.05) is 32.1 Å². The molecule has 2 heteroatoms. The molecule has 3 saturated carbocycles. The molecule has 0 saturated heterocycles.